The maximum atomic E-state index is 5.62. The molecule has 0 aromatic rings. The second-order valence-corrected chi connectivity index (χ2v) is 3.59. The lowest BCUT2D eigenvalue weighted by atomic mass is 10.6. The Kier molecular flexibility index (Phi) is 1.97. The number of rotatable bonds is 0. The van der Waals surface area contributed by atoms with E-state index in [9.17, 15) is 0 Å². The van der Waals surface area contributed by atoms with Gasteiger partial charge in [0.2, 0.25) is 0 Å². The molecule has 1 saturated heterocycles. The molecule has 1 heterocycles. The Morgan fingerprint density at radius 3 is 2.14 bits per heavy atom. The molecule has 0 aromatic heterocycles. The first-order valence-corrected chi connectivity index (χ1v) is 4.15. The first-order valence-electron chi connectivity index (χ1n) is 2.52. The molecule has 7 heavy (non-hydrogen) atoms. The van der Waals surface area contributed by atoms with Crippen molar-refractivity contribution >= 4 is 11.1 Å². The largest absolute Gasteiger partial charge is 0.308 e. The van der Waals surface area contributed by atoms with Crippen LogP contribution in [0.1, 0.15) is 0 Å². The van der Waals surface area contributed by atoms with Gasteiger partial charge in [-0.25, -0.2) is 0 Å². The van der Waals surface area contributed by atoms with Crippen LogP contribution < -0.4 is 10.5 Å². The van der Waals surface area contributed by atoms with E-state index in [0.29, 0.717) is 0 Å². The molecule has 0 bridgehead atoms. The SMILES string of the molecule is N[S+]1CCNCC1. The van der Waals surface area contributed by atoms with E-state index in [-0.39, 0.29) is 11.1 Å². The molecule has 0 atom stereocenters. The first kappa shape index (κ1) is 5.41. The van der Waals surface area contributed by atoms with Crippen LogP contribution in [0.25, 0.3) is 0 Å². The molecule has 1 fully saturated rings. The highest BCUT2D eigenvalue weighted by Gasteiger charge is 2.15. The second kappa shape index (κ2) is 2.55. The molecule has 1 aliphatic heterocycles. The molecule has 42 valence electrons. The predicted molar refractivity (Wildman–Crippen MR) is 34.2 cm³/mol. The summed E-state index contributed by atoms with van der Waals surface area (Å²) >= 11 is 0.247. The molecule has 0 radical (unpaired) electrons. The molecule has 3 N–H and O–H groups in total. The summed E-state index contributed by atoms with van der Waals surface area (Å²) in [5.74, 6) is 2.36. The Morgan fingerprint density at radius 1 is 1.29 bits per heavy atom. The number of hydrogen-bond acceptors (Lipinski definition) is 2. The van der Waals surface area contributed by atoms with Crippen molar-refractivity contribution in [2.45, 2.75) is 0 Å². The van der Waals surface area contributed by atoms with Crippen molar-refractivity contribution in [1.29, 1.82) is 0 Å². The minimum absolute atomic E-state index is 0.247. The van der Waals surface area contributed by atoms with Gasteiger partial charge >= 0.3 is 0 Å². The average molecular weight is 119 g/mol. The van der Waals surface area contributed by atoms with Gasteiger partial charge in [-0.05, 0) is 0 Å². The minimum atomic E-state index is 0.247. The number of nitrogens with two attached hydrogens (primary N) is 1. The summed E-state index contributed by atoms with van der Waals surface area (Å²) in [4.78, 5) is 0. The van der Waals surface area contributed by atoms with Crippen LogP contribution in [-0.4, -0.2) is 24.6 Å². The lowest BCUT2D eigenvalue weighted by Crippen LogP contribution is -2.39. The van der Waals surface area contributed by atoms with E-state index in [2.05, 4.69) is 5.32 Å². The van der Waals surface area contributed by atoms with Crippen LogP contribution in [-0.2, 0) is 11.1 Å². The molecule has 0 saturated carbocycles. The van der Waals surface area contributed by atoms with Gasteiger partial charge in [-0.15, -0.1) is 0 Å². The van der Waals surface area contributed by atoms with E-state index >= 15 is 0 Å². The summed E-state index contributed by atoms with van der Waals surface area (Å²) < 4.78 is 0. The van der Waals surface area contributed by atoms with Gasteiger partial charge in [0.25, 0.3) is 0 Å². The Labute approximate surface area is 46.9 Å². The van der Waals surface area contributed by atoms with Gasteiger partial charge in [-0.3, -0.25) is 0 Å². The lowest BCUT2D eigenvalue weighted by Gasteiger charge is -2.08. The Morgan fingerprint density at radius 2 is 1.86 bits per heavy atom. The van der Waals surface area contributed by atoms with E-state index in [1.165, 1.54) is 11.5 Å². The lowest BCUT2D eigenvalue weighted by molar-refractivity contribution is 0.750. The van der Waals surface area contributed by atoms with Crippen LogP contribution in [0.3, 0.4) is 0 Å². The zero-order chi connectivity index (χ0) is 5.11. The van der Waals surface area contributed by atoms with E-state index in [4.69, 9.17) is 5.14 Å². The van der Waals surface area contributed by atoms with Gasteiger partial charge in [0.1, 0.15) is 11.5 Å². The molecule has 1 aliphatic rings. The summed E-state index contributed by atoms with van der Waals surface area (Å²) in [5, 5.41) is 8.86. The molecule has 0 unspecified atom stereocenters. The van der Waals surface area contributed by atoms with Gasteiger partial charge in [-0.1, -0.05) is 0 Å². The Balaban J connectivity index is 2.12. The van der Waals surface area contributed by atoms with Gasteiger partial charge < -0.3 is 5.32 Å². The molecule has 0 aliphatic carbocycles. The van der Waals surface area contributed by atoms with Crippen LogP contribution in [0, 0.1) is 0 Å². The maximum Gasteiger partial charge on any atom is 0.139 e. The van der Waals surface area contributed by atoms with Crippen LogP contribution in [0.5, 0.6) is 0 Å². The third kappa shape index (κ3) is 1.67. The molecular weight excluding hydrogens is 108 g/mol. The van der Waals surface area contributed by atoms with E-state index in [1.54, 1.807) is 0 Å². The Hall–Kier alpha value is 0.270. The molecule has 1 rings (SSSR count). The van der Waals surface area contributed by atoms with Crippen molar-refractivity contribution in [3.05, 3.63) is 0 Å². The number of hydrogen-bond donors (Lipinski definition) is 2. The third-order valence-corrected chi connectivity index (χ3v) is 2.54. The molecular formula is C4H11N2S+. The highest BCUT2D eigenvalue weighted by atomic mass is 32.2. The second-order valence-electron chi connectivity index (χ2n) is 1.70. The standard InChI is InChI=1S/C4H11N2S/c5-7-3-1-6-2-4-7/h6H,1-5H2/q+1. The molecule has 3 heteroatoms. The summed E-state index contributed by atoms with van der Waals surface area (Å²) in [6.07, 6.45) is 0. The molecule has 2 nitrogen and oxygen atoms in total. The van der Waals surface area contributed by atoms with Crippen molar-refractivity contribution in [2.75, 3.05) is 24.6 Å². The number of nitrogens with one attached hydrogen (secondary N) is 1. The quantitative estimate of drug-likeness (QED) is 0.405. The van der Waals surface area contributed by atoms with Crippen LogP contribution in [0.2, 0.25) is 0 Å². The summed E-state index contributed by atoms with van der Waals surface area (Å²) in [6, 6.07) is 0. The van der Waals surface area contributed by atoms with Crippen LogP contribution >= 0.6 is 0 Å². The monoisotopic (exact) mass is 119 g/mol. The van der Waals surface area contributed by atoms with Crippen molar-refractivity contribution in [3.8, 4) is 0 Å². The highest BCUT2D eigenvalue weighted by molar-refractivity contribution is 7.94. The zero-order valence-corrected chi connectivity index (χ0v) is 5.13. The zero-order valence-electron chi connectivity index (χ0n) is 4.31. The fourth-order valence-corrected chi connectivity index (χ4v) is 1.65. The van der Waals surface area contributed by atoms with Crippen molar-refractivity contribution in [3.63, 3.8) is 0 Å². The van der Waals surface area contributed by atoms with E-state index in [0.717, 1.165) is 13.1 Å². The van der Waals surface area contributed by atoms with Gasteiger partial charge in [0.15, 0.2) is 0 Å². The fraction of sp³-hybridized carbons (Fsp3) is 1.00. The van der Waals surface area contributed by atoms with E-state index < -0.39 is 0 Å². The van der Waals surface area contributed by atoms with Crippen LogP contribution in [0.15, 0.2) is 0 Å². The Bertz CT molecular complexity index is 51.7. The summed E-state index contributed by atoms with van der Waals surface area (Å²) in [6.45, 7) is 2.25. The maximum absolute atomic E-state index is 5.62. The predicted octanol–water partition coefficient (Wildman–Crippen LogP) is -0.918. The summed E-state index contributed by atoms with van der Waals surface area (Å²) in [7, 11) is 0. The highest BCUT2D eigenvalue weighted by Crippen LogP contribution is 1.88. The van der Waals surface area contributed by atoms with Crippen molar-refractivity contribution < 1.29 is 0 Å². The molecule has 0 amide bonds. The van der Waals surface area contributed by atoms with E-state index in [1.807, 2.05) is 0 Å². The summed E-state index contributed by atoms with van der Waals surface area (Å²) in [5.41, 5.74) is 0. The van der Waals surface area contributed by atoms with Gasteiger partial charge in [0.05, 0.1) is 11.1 Å². The molecule has 0 spiro atoms. The molecule has 0 aromatic carbocycles. The third-order valence-electron chi connectivity index (χ3n) is 1.08. The first-order chi connectivity index (χ1) is 3.39. The van der Waals surface area contributed by atoms with Crippen molar-refractivity contribution in [1.82, 2.24) is 5.32 Å². The smallest absolute Gasteiger partial charge is 0.139 e. The van der Waals surface area contributed by atoms with Crippen LogP contribution in [0.4, 0.5) is 0 Å². The average Bonchev–Trinajstić information content (AvgIpc) is 1.69. The normalized spacial score (nSPS) is 25.3. The minimum Gasteiger partial charge on any atom is -0.308 e. The van der Waals surface area contributed by atoms with Gasteiger partial charge in [0, 0.05) is 13.1 Å². The topological polar surface area (TPSA) is 38.0 Å². The van der Waals surface area contributed by atoms with Crippen molar-refractivity contribution in [2.24, 2.45) is 5.14 Å². The fourth-order valence-electron chi connectivity index (χ4n) is 0.634. The van der Waals surface area contributed by atoms with Gasteiger partial charge in [-0.2, -0.15) is 5.14 Å².